The first-order valence-electron chi connectivity index (χ1n) is 6.81. The van der Waals surface area contributed by atoms with E-state index in [-0.39, 0.29) is 5.91 Å². The second kappa shape index (κ2) is 8.92. The lowest BCUT2D eigenvalue weighted by atomic mass is 10.2. The number of hydrogen-bond acceptors (Lipinski definition) is 4. The van der Waals surface area contributed by atoms with Gasteiger partial charge in [0, 0.05) is 37.4 Å². The van der Waals surface area contributed by atoms with Crippen LogP contribution in [0.15, 0.2) is 16.7 Å². The lowest BCUT2D eigenvalue weighted by molar-refractivity contribution is 0.0707. The highest BCUT2D eigenvalue weighted by Gasteiger charge is 2.18. The molecule has 0 bridgehead atoms. The Hall–Kier alpha value is -1.14. The number of nitrogens with one attached hydrogen (secondary N) is 1. The van der Waals surface area contributed by atoms with Crippen LogP contribution >= 0.6 is 15.9 Å². The van der Waals surface area contributed by atoms with E-state index in [4.69, 9.17) is 4.74 Å². The van der Waals surface area contributed by atoms with Crippen molar-refractivity contribution in [1.82, 2.24) is 9.88 Å². The number of carbonyl (C=O) groups is 1. The average Bonchev–Trinajstić information content (AvgIpc) is 2.46. The van der Waals surface area contributed by atoms with Gasteiger partial charge >= 0.3 is 0 Å². The molecule has 0 saturated heterocycles. The largest absolute Gasteiger partial charge is 0.383 e. The number of anilines is 1. The predicted octanol–water partition coefficient (Wildman–Crippen LogP) is 2.77. The van der Waals surface area contributed by atoms with Gasteiger partial charge in [-0.1, -0.05) is 6.92 Å². The average molecular weight is 344 g/mol. The molecule has 0 aromatic carbocycles. The molecule has 1 amide bonds. The molecule has 0 radical (unpaired) electrons. The van der Waals surface area contributed by atoms with Gasteiger partial charge in [-0.25, -0.2) is 4.98 Å². The molecule has 0 spiro atoms. The van der Waals surface area contributed by atoms with Gasteiger partial charge in [-0.15, -0.1) is 0 Å². The van der Waals surface area contributed by atoms with Gasteiger partial charge in [0.25, 0.3) is 5.91 Å². The van der Waals surface area contributed by atoms with Crippen LogP contribution in [-0.4, -0.2) is 49.1 Å². The number of nitrogens with zero attached hydrogens (tertiary/aromatic N) is 2. The molecule has 0 aliphatic rings. The number of hydrogen-bond donors (Lipinski definition) is 1. The molecule has 0 unspecified atom stereocenters. The predicted molar refractivity (Wildman–Crippen MR) is 84.2 cm³/mol. The summed E-state index contributed by atoms with van der Waals surface area (Å²) in [7, 11) is 1.63. The molecule has 1 N–H and O–H groups in total. The highest BCUT2D eigenvalue weighted by molar-refractivity contribution is 9.10. The van der Waals surface area contributed by atoms with Crippen molar-refractivity contribution in [3.63, 3.8) is 0 Å². The molecule has 1 rings (SSSR count). The fourth-order valence-electron chi connectivity index (χ4n) is 1.76. The van der Waals surface area contributed by atoms with Gasteiger partial charge in [0.05, 0.1) is 12.2 Å². The molecule has 0 saturated carbocycles. The van der Waals surface area contributed by atoms with E-state index in [2.05, 4.69) is 33.2 Å². The maximum Gasteiger partial charge on any atom is 0.257 e. The monoisotopic (exact) mass is 343 g/mol. The zero-order valence-corrected chi connectivity index (χ0v) is 13.9. The molecule has 6 heteroatoms. The summed E-state index contributed by atoms with van der Waals surface area (Å²) in [4.78, 5) is 18.6. The van der Waals surface area contributed by atoms with Gasteiger partial charge in [-0.2, -0.15) is 0 Å². The Balaban J connectivity index is 2.96. The Kier molecular flexibility index (Phi) is 7.54. The van der Waals surface area contributed by atoms with Crippen molar-refractivity contribution in [1.29, 1.82) is 0 Å². The first-order chi connectivity index (χ1) is 9.63. The Morgan fingerprint density at radius 3 is 2.85 bits per heavy atom. The second-order valence-electron chi connectivity index (χ2n) is 4.35. The molecule has 20 heavy (non-hydrogen) atoms. The first kappa shape index (κ1) is 16.9. The van der Waals surface area contributed by atoms with Gasteiger partial charge < -0.3 is 15.0 Å². The summed E-state index contributed by atoms with van der Waals surface area (Å²) in [5, 5.41) is 3.20. The molecule has 0 aliphatic carbocycles. The van der Waals surface area contributed by atoms with Crippen LogP contribution in [-0.2, 0) is 4.74 Å². The van der Waals surface area contributed by atoms with Crippen molar-refractivity contribution < 1.29 is 9.53 Å². The standard InChI is InChI=1S/C14H22BrN3O2/c1-4-6-16-13-12(9-11(15)10-17-13)14(19)18(5-2)7-8-20-3/h9-10H,4-8H2,1-3H3,(H,16,17). The highest BCUT2D eigenvalue weighted by Crippen LogP contribution is 2.20. The van der Waals surface area contributed by atoms with Gasteiger partial charge in [0.15, 0.2) is 0 Å². The minimum absolute atomic E-state index is 0.0306. The molecule has 0 aliphatic heterocycles. The second-order valence-corrected chi connectivity index (χ2v) is 5.27. The number of aromatic nitrogens is 1. The van der Waals surface area contributed by atoms with Crippen molar-refractivity contribution in [3.05, 3.63) is 22.3 Å². The quantitative estimate of drug-likeness (QED) is 0.788. The molecule has 1 heterocycles. The van der Waals surface area contributed by atoms with Crippen molar-refractivity contribution in [2.75, 3.05) is 38.7 Å². The molecule has 112 valence electrons. The summed E-state index contributed by atoms with van der Waals surface area (Å²) in [6.45, 7) is 6.56. The zero-order chi connectivity index (χ0) is 15.0. The summed E-state index contributed by atoms with van der Waals surface area (Å²) < 4.78 is 5.84. The molecule has 1 aromatic rings. The van der Waals surface area contributed by atoms with Crippen molar-refractivity contribution in [3.8, 4) is 0 Å². The maximum absolute atomic E-state index is 12.6. The number of likely N-dealkylation sites (N-methyl/N-ethyl adjacent to an activating group) is 1. The third kappa shape index (κ3) is 4.76. The number of rotatable bonds is 8. The van der Waals surface area contributed by atoms with E-state index in [1.165, 1.54) is 0 Å². The third-order valence-corrected chi connectivity index (χ3v) is 3.30. The fraction of sp³-hybridized carbons (Fsp3) is 0.571. The van der Waals surface area contributed by atoms with Crippen molar-refractivity contribution in [2.24, 2.45) is 0 Å². The number of carbonyl (C=O) groups excluding carboxylic acids is 1. The van der Waals surface area contributed by atoms with Gasteiger partial charge in [0.2, 0.25) is 0 Å². The Bertz CT molecular complexity index is 440. The minimum Gasteiger partial charge on any atom is -0.383 e. The van der Waals surface area contributed by atoms with Crippen LogP contribution in [0, 0.1) is 0 Å². The number of methoxy groups -OCH3 is 1. The summed E-state index contributed by atoms with van der Waals surface area (Å²) in [6.07, 6.45) is 2.67. The minimum atomic E-state index is -0.0306. The van der Waals surface area contributed by atoms with E-state index < -0.39 is 0 Å². The van der Waals surface area contributed by atoms with Crippen LogP contribution in [0.4, 0.5) is 5.82 Å². The molecular weight excluding hydrogens is 322 g/mol. The van der Waals surface area contributed by atoms with Crippen LogP contribution in [0.1, 0.15) is 30.6 Å². The van der Waals surface area contributed by atoms with Crippen LogP contribution in [0.3, 0.4) is 0 Å². The van der Waals surface area contributed by atoms with Crippen LogP contribution in [0.5, 0.6) is 0 Å². The van der Waals surface area contributed by atoms with Crippen LogP contribution in [0.25, 0.3) is 0 Å². The smallest absolute Gasteiger partial charge is 0.257 e. The molecule has 0 atom stereocenters. The zero-order valence-electron chi connectivity index (χ0n) is 12.3. The normalized spacial score (nSPS) is 10.4. The van der Waals surface area contributed by atoms with E-state index in [0.29, 0.717) is 31.1 Å². The molecule has 5 nitrogen and oxygen atoms in total. The Labute approximate surface area is 128 Å². The summed E-state index contributed by atoms with van der Waals surface area (Å²) in [6, 6.07) is 1.81. The number of pyridine rings is 1. The van der Waals surface area contributed by atoms with E-state index in [1.54, 1.807) is 18.2 Å². The molecule has 0 fully saturated rings. The van der Waals surface area contributed by atoms with Crippen LogP contribution < -0.4 is 5.32 Å². The highest BCUT2D eigenvalue weighted by atomic mass is 79.9. The van der Waals surface area contributed by atoms with Crippen molar-refractivity contribution in [2.45, 2.75) is 20.3 Å². The maximum atomic E-state index is 12.6. The number of amides is 1. The van der Waals surface area contributed by atoms with Gasteiger partial charge in [-0.05, 0) is 35.3 Å². The van der Waals surface area contributed by atoms with Gasteiger partial charge in [0.1, 0.15) is 5.82 Å². The third-order valence-electron chi connectivity index (χ3n) is 2.86. The van der Waals surface area contributed by atoms with E-state index >= 15 is 0 Å². The van der Waals surface area contributed by atoms with Crippen molar-refractivity contribution >= 4 is 27.7 Å². The molecular formula is C14H22BrN3O2. The van der Waals surface area contributed by atoms with Gasteiger partial charge in [-0.3, -0.25) is 4.79 Å². The lowest BCUT2D eigenvalue weighted by Crippen LogP contribution is -2.34. The fourth-order valence-corrected chi connectivity index (χ4v) is 2.09. The topological polar surface area (TPSA) is 54.5 Å². The summed E-state index contributed by atoms with van der Waals surface area (Å²) >= 11 is 3.37. The lowest BCUT2D eigenvalue weighted by Gasteiger charge is -2.22. The first-order valence-corrected chi connectivity index (χ1v) is 7.60. The van der Waals surface area contributed by atoms with E-state index in [1.807, 2.05) is 13.0 Å². The molecule has 1 aromatic heterocycles. The van der Waals surface area contributed by atoms with Crippen LogP contribution in [0.2, 0.25) is 0 Å². The number of halogens is 1. The Morgan fingerprint density at radius 2 is 2.25 bits per heavy atom. The van der Waals surface area contributed by atoms with E-state index in [0.717, 1.165) is 17.4 Å². The number of ether oxygens (including phenoxy) is 1. The summed E-state index contributed by atoms with van der Waals surface area (Å²) in [5.74, 6) is 0.605. The SMILES string of the molecule is CCCNc1ncc(Br)cc1C(=O)N(CC)CCOC. The summed E-state index contributed by atoms with van der Waals surface area (Å²) in [5.41, 5.74) is 0.589. The van der Waals surface area contributed by atoms with E-state index in [9.17, 15) is 4.79 Å². The Morgan fingerprint density at radius 1 is 1.50 bits per heavy atom.